The molecule has 0 bridgehead atoms. The Morgan fingerprint density at radius 1 is 1.45 bits per heavy atom. The molecule has 0 aliphatic rings. The molecule has 0 fully saturated rings. The quantitative estimate of drug-likeness (QED) is 0.913. The van der Waals surface area contributed by atoms with Crippen molar-refractivity contribution in [1.82, 2.24) is 9.55 Å². The summed E-state index contributed by atoms with van der Waals surface area (Å²) >= 11 is 9.55. The number of pyridine rings is 2. The first kappa shape index (κ1) is 15.1. The molecular weight excluding hydrogens is 342 g/mol. The van der Waals surface area contributed by atoms with Crippen LogP contribution in [0.1, 0.15) is 18.2 Å². The molecule has 6 heteroatoms. The molecule has 0 unspecified atom stereocenters. The Labute approximate surface area is 130 Å². The zero-order chi connectivity index (χ0) is 14.7. The minimum absolute atomic E-state index is 0.0417. The van der Waals surface area contributed by atoms with Gasteiger partial charge in [-0.05, 0) is 48.0 Å². The van der Waals surface area contributed by atoms with Crippen LogP contribution in [-0.4, -0.2) is 16.1 Å². The van der Waals surface area contributed by atoms with Crippen LogP contribution in [0, 0.1) is 6.92 Å². The van der Waals surface area contributed by atoms with Gasteiger partial charge >= 0.3 is 0 Å². The van der Waals surface area contributed by atoms with Gasteiger partial charge in [-0.3, -0.25) is 4.79 Å². The first-order valence-corrected chi connectivity index (χ1v) is 7.44. The molecule has 0 atom stereocenters. The van der Waals surface area contributed by atoms with Crippen LogP contribution in [0.5, 0.6) is 0 Å². The highest BCUT2D eigenvalue weighted by molar-refractivity contribution is 9.10. The number of halogens is 2. The Kier molecular flexibility index (Phi) is 4.83. The standard InChI is InChI=1S/C14H15BrClN3O/c1-3-17-13-5-4-11(16)12(18-13)8-19-7-10(15)6-9(2)14(19)20/h4-7H,3,8H2,1-2H3,(H,17,18). The van der Waals surface area contributed by atoms with E-state index in [4.69, 9.17) is 11.6 Å². The van der Waals surface area contributed by atoms with Crippen LogP contribution in [0.15, 0.2) is 33.7 Å². The van der Waals surface area contributed by atoms with Crippen LogP contribution in [0.2, 0.25) is 5.02 Å². The third kappa shape index (κ3) is 3.41. The minimum atomic E-state index is -0.0417. The zero-order valence-electron chi connectivity index (χ0n) is 11.3. The van der Waals surface area contributed by atoms with Gasteiger partial charge in [0.1, 0.15) is 5.82 Å². The molecule has 0 saturated carbocycles. The van der Waals surface area contributed by atoms with Gasteiger partial charge in [-0.2, -0.15) is 0 Å². The van der Waals surface area contributed by atoms with Crippen LogP contribution in [-0.2, 0) is 6.54 Å². The Morgan fingerprint density at radius 3 is 2.90 bits per heavy atom. The molecule has 1 N–H and O–H groups in total. The third-order valence-corrected chi connectivity index (χ3v) is 3.61. The van der Waals surface area contributed by atoms with Crippen molar-refractivity contribution in [1.29, 1.82) is 0 Å². The molecule has 20 heavy (non-hydrogen) atoms. The van der Waals surface area contributed by atoms with E-state index in [0.29, 0.717) is 22.8 Å². The van der Waals surface area contributed by atoms with Gasteiger partial charge in [0.2, 0.25) is 0 Å². The molecule has 0 aromatic carbocycles. The number of hydrogen-bond acceptors (Lipinski definition) is 3. The van der Waals surface area contributed by atoms with Crippen LogP contribution in [0.25, 0.3) is 0 Å². The van der Waals surface area contributed by atoms with Gasteiger partial charge in [0.25, 0.3) is 5.56 Å². The van der Waals surface area contributed by atoms with E-state index in [-0.39, 0.29) is 5.56 Å². The smallest absolute Gasteiger partial charge is 0.253 e. The fourth-order valence-electron chi connectivity index (χ4n) is 1.89. The van der Waals surface area contributed by atoms with E-state index < -0.39 is 0 Å². The number of nitrogens with one attached hydrogen (secondary N) is 1. The van der Waals surface area contributed by atoms with Crippen molar-refractivity contribution in [2.45, 2.75) is 20.4 Å². The molecule has 2 aromatic rings. The molecular formula is C14H15BrClN3O. The zero-order valence-corrected chi connectivity index (χ0v) is 13.6. The molecule has 0 aliphatic heterocycles. The molecule has 0 spiro atoms. The second-order valence-corrected chi connectivity index (χ2v) is 5.75. The highest BCUT2D eigenvalue weighted by Crippen LogP contribution is 2.18. The van der Waals surface area contributed by atoms with E-state index in [1.54, 1.807) is 29.8 Å². The largest absolute Gasteiger partial charge is 0.370 e. The summed E-state index contributed by atoms with van der Waals surface area (Å²) in [6, 6.07) is 5.41. The fraction of sp³-hybridized carbons (Fsp3) is 0.286. The Balaban J connectivity index is 2.39. The Hall–Kier alpha value is -1.33. The summed E-state index contributed by atoms with van der Waals surface area (Å²) in [6.07, 6.45) is 1.74. The molecule has 4 nitrogen and oxygen atoms in total. The molecule has 2 aromatic heterocycles. The fourth-order valence-corrected chi connectivity index (χ4v) is 2.65. The van der Waals surface area contributed by atoms with E-state index in [1.807, 2.05) is 13.0 Å². The van der Waals surface area contributed by atoms with Crippen LogP contribution >= 0.6 is 27.5 Å². The average Bonchev–Trinajstić information content (AvgIpc) is 2.39. The summed E-state index contributed by atoms with van der Waals surface area (Å²) in [5.74, 6) is 0.756. The van der Waals surface area contributed by atoms with Gasteiger partial charge < -0.3 is 9.88 Å². The van der Waals surface area contributed by atoms with Crippen molar-refractivity contribution in [3.8, 4) is 0 Å². The second-order valence-electron chi connectivity index (χ2n) is 4.43. The highest BCUT2D eigenvalue weighted by Gasteiger charge is 2.08. The SMILES string of the molecule is CCNc1ccc(Cl)c(Cn2cc(Br)cc(C)c2=O)n1. The summed E-state index contributed by atoms with van der Waals surface area (Å²) in [7, 11) is 0. The monoisotopic (exact) mass is 355 g/mol. The van der Waals surface area contributed by atoms with Crippen LogP contribution < -0.4 is 10.9 Å². The predicted octanol–water partition coefficient (Wildman–Crippen LogP) is 3.45. The van der Waals surface area contributed by atoms with Gasteiger partial charge in [-0.25, -0.2) is 4.98 Å². The van der Waals surface area contributed by atoms with E-state index in [1.165, 1.54) is 0 Å². The van der Waals surface area contributed by atoms with E-state index in [2.05, 4.69) is 26.2 Å². The molecule has 2 heterocycles. The van der Waals surface area contributed by atoms with Crippen molar-refractivity contribution >= 4 is 33.3 Å². The Bertz CT molecular complexity index is 685. The van der Waals surface area contributed by atoms with Gasteiger partial charge in [-0.1, -0.05) is 11.6 Å². The van der Waals surface area contributed by atoms with E-state index in [0.717, 1.165) is 16.8 Å². The first-order valence-electron chi connectivity index (χ1n) is 6.27. The van der Waals surface area contributed by atoms with Crippen LogP contribution in [0.3, 0.4) is 0 Å². The van der Waals surface area contributed by atoms with Crippen molar-refractivity contribution < 1.29 is 0 Å². The molecule has 0 radical (unpaired) electrons. The molecule has 0 saturated heterocycles. The van der Waals surface area contributed by atoms with Gasteiger partial charge in [-0.15, -0.1) is 0 Å². The first-order chi connectivity index (χ1) is 9.51. The molecule has 2 rings (SSSR count). The number of rotatable bonds is 4. The van der Waals surface area contributed by atoms with Gasteiger partial charge in [0.05, 0.1) is 17.3 Å². The van der Waals surface area contributed by atoms with Crippen molar-refractivity contribution in [3.63, 3.8) is 0 Å². The van der Waals surface area contributed by atoms with E-state index >= 15 is 0 Å². The molecule has 106 valence electrons. The Morgan fingerprint density at radius 2 is 2.20 bits per heavy atom. The lowest BCUT2D eigenvalue weighted by Crippen LogP contribution is -2.22. The number of aryl methyl sites for hydroxylation is 1. The van der Waals surface area contributed by atoms with Crippen LogP contribution in [0.4, 0.5) is 5.82 Å². The summed E-state index contributed by atoms with van der Waals surface area (Å²) in [4.78, 5) is 16.5. The van der Waals surface area contributed by atoms with Crippen molar-refractivity contribution in [2.75, 3.05) is 11.9 Å². The molecule has 0 amide bonds. The maximum atomic E-state index is 12.1. The number of hydrogen-bond donors (Lipinski definition) is 1. The number of anilines is 1. The minimum Gasteiger partial charge on any atom is -0.370 e. The van der Waals surface area contributed by atoms with Gasteiger partial charge in [0, 0.05) is 22.8 Å². The summed E-state index contributed by atoms with van der Waals surface area (Å²) in [5, 5.41) is 3.68. The van der Waals surface area contributed by atoms with Gasteiger partial charge in [0.15, 0.2) is 0 Å². The number of nitrogens with zero attached hydrogens (tertiary/aromatic N) is 2. The van der Waals surface area contributed by atoms with E-state index in [9.17, 15) is 4.79 Å². The lowest BCUT2D eigenvalue weighted by Gasteiger charge is -2.10. The summed E-state index contributed by atoms with van der Waals surface area (Å²) in [5.41, 5.74) is 1.31. The lowest BCUT2D eigenvalue weighted by atomic mass is 10.3. The highest BCUT2D eigenvalue weighted by atomic mass is 79.9. The normalized spacial score (nSPS) is 10.6. The summed E-state index contributed by atoms with van der Waals surface area (Å²) in [6.45, 7) is 4.91. The maximum absolute atomic E-state index is 12.1. The number of aromatic nitrogens is 2. The summed E-state index contributed by atoms with van der Waals surface area (Å²) < 4.78 is 2.46. The van der Waals surface area contributed by atoms with Crippen molar-refractivity contribution in [3.05, 3.63) is 55.5 Å². The lowest BCUT2D eigenvalue weighted by molar-refractivity contribution is 0.731. The third-order valence-electron chi connectivity index (χ3n) is 2.83. The second kappa shape index (κ2) is 6.41. The topological polar surface area (TPSA) is 46.9 Å². The maximum Gasteiger partial charge on any atom is 0.253 e. The average molecular weight is 357 g/mol. The predicted molar refractivity (Wildman–Crippen MR) is 85.7 cm³/mol. The van der Waals surface area contributed by atoms with Crippen molar-refractivity contribution in [2.24, 2.45) is 0 Å². The molecule has 0 aliphatic carbocycles.